The van der Waals surface area contributed by atoms with Crippen molar-refractivity contribution >= 4 is 11.8 Å². The molecule has 2 heteroatoms. The van der Waals surface area contributed by atoms with Gasteiger partial charge in [0, 0.05) is 25.3 Å². The Labute approximate surface area is 120 Å². The second-order valence-corrected chi connectivity index (χ2v) is 5.28. The fourth-order valence-corrected chi connectivity index (χ4v) is 2.72. The van der Waals surface area contributed by atoms with Crippen LogP contribution in [0.1, 0.15) is 16.7 Å². The molecule has 102 valence electrons. The predicted octanol–water partition coefficient (Wildman–Crippen LogP) is 3.34. The first-order valence-electron chi connectivity index (χ1n) is 7.13. The maximum Gasteiger partial charge on any atom is 0.0362 e. The fraction of sp³-hybridized carbons (Fsp3) is 0.222. The molecule has 2 nitrogen and oxygen atoms in total. The van der Waals surface area contributed by atoms with Crippen molar-refractivity contribution in [3.05, 3.63) is 71.3 Å². The number of nitrogens with two attached hydrogens (primary N) is 1. The van der Waals surface area contributed by atoms with Gasteiger partial charge in [-0.1, -0.05) is 54.6 Å². The molecule has 0 atom stereocenters. The van der Waals surface area contributed by atoms with Crippen LogP contribution in [0.2, 0.25) is 0 Å². The van der Waals surface area contributed by atoms with Gasteiger partial charge in [-0.05, 0) is 29.2 Å². The minimum Gasteiger partial charge on any atom is -0.398 e. The van der Waals surface area contributed by atoms with E-state index in [-0.39, 0.29) is 0 Å². The summed E-state index contributed by atoms with van der Waals surface area (Å²) >= 11 is 0. The molecule has 1 aliphatic heterocycles. The van der Waals surface area contributed by atoms with E-state index in [1.54, 1.807) is 0 Å². The van der Waals surface area contributed by atoms with Crippen LogP contribution in [0.25, 0.3) is 6.08 Å². The first-order chi connectivity index (χ1) is 9.83. The maximum absolute atomic E-state index is 6.08. The molecule has 0 fully saturated rings. The van der Waals surface area contributed by atoms with Crippen molar-refractivity contribution in [1.82, 2.24) is 4.90 Å². The highest BCUT2D eigenvalue weighted by atomic mass is 15.1. The zero-order chi connectivity index (χ0) is 13.8. The van der Waals surface area contributed by atoms with E-state index in [0.717, 1.165) is 31.7 Å². The van der Waals surface area contributed by atoms with Gasteiger partial charge in [0.1, 0.15) is 0 Å². The number of benzene rings is 2. The van der Waals surface area contributed by atoms with Crippen molar-refractivity contribution in [2.45, 2.75) is 13.0 Å². The van der Waals surface area contributed by atoms with Gasteiger partial charge in [-0.25, -0.2) is 0 Å². The van der Waals surface area contributed by atoms with Gasteiger partial charge in [-0.3, -0.25) is 4.90 Å². The molecule has 0 bridgehead atoms. The van der Waals surface area contributed by atoms with Crippen LogP contribution in [-0.4, -0.2) is 18.0 Å². The van der Waals surface area contributed by atoms with Crippen LogP contribution < -0.4 is 5.73 Å². The lowest BCUT2D eigenvalue weighted by molar-refractivity contribution is 0.283. The summed E-state index contributed by atoms with van der Waals surface area (Å²) in [5.74, 6) is 0. The summed E-state index contributed by atoms with van der Waals surface area (Å²) in [4.78, 5) is 2.44. The molecule has 1 heterocycles. The van der Waals surface area contributed by atoms with Crippen molar-refractivity contribution in [3.63, 3.8) is 0 Å². The highest BCUT2D eigenvalue weighted by Crippen LogP contribution is 2.24. The second kappa shape index (κ2) is 5.93. The molecular weight excluding hydrogens is 244 g/mol. The number of hydrogen-bond acceptors (Lipinski definition) is 2. The van der Waals surface area contributed by atoms with Crippen LogP contribution >= 0.6 is 0 Å². The smallest absolute Gasteiger partial charge is 0.0362 e. The van der Waals surface area contributed by atoms with Crippen LogP contribution in [0.5, 0.6) is 0 Å². The standard InChI is InChI=1S/C18H20N2/c19-18-10-4-9-16-11-13-20(14-17(16)18)12-5-8-15-6-2-1-3-7-15/h1-10H,11-14,19H2/b8-5+. The Morgan fingerprint density at radius 2 is 1.90 bits per heavy atom. The highest BCUT2D eigenvalue weighted by molar-refractivity contribution is 5.52. The number of anilines is 1. The van der Waals surface area contributed by atoms with Crippen LogP contribution in [0.4, 0.5) is 5.69 Å². The number of hydrogen-bond donors (Lipinski definition) is 1. The van der Waals surface area contributed by atoms with E-state index in [9.17, 15) is 0 Å². The molecular formula is C18H20N2. The Morgan fingerprint density at radius 3 is 2.75 bits per heavy atom. The van der Waals surface area contributed by atoms with Crippen molar-refractivity contribution in [1.29, 1.82) is 0 Å². The third-order valence-corrected chi connectivity index (χ3v) is 3.86. The number of fused-ring (bicyclic) bond motifs is 1. The van der Waals surface area contributed by atoms with Crippen LogP contribution in [0.3, 0.4) is 0 Å². The van der Waals surface area contributed by atoms with E-state index < -0.39 is 0 Å². The van der Waals surface area contributed by atoms with Gasteiger partial charge in [0.05, 0.1) is 0 Å². The molecule has 0 aliphatic carbocycles. The average Bonchev–Trinajstić information content (AvgIpc) is 2.49. The Bertz CT molecular complexity index is 602. The van der Waals surface area contributed by atoms with E-state index >= 15 is 0 Å². The van der Waals surface area contributed by atoms with Crippen LogP contribution in [-0.2, 0) is 13.0 Å². The number of rotatable bonds is 3. The van der Waals surface area contributed by atoms with Crippen molar-refractivity contribution < 1.29 is 0 Å². The third kappa shape index (κ3) is 2.91. The van der Waals surface area contributed by atoms with Gasteiger partial charge in [-0.15, -0.1) is 0 Å². The van der Waals surface area contributed by atoms with Gasteiger partial charge < -0.3 is 5.73 Å². The van der Waals surface area contributed by atoms with Crippen LogP contribution in [0.15, 0.2) is 54.6 Å². The molecule has 3 rings (SSSR count). The lowest BCUT2D eigenvalue weighted by Crippen LogP contribution is -2.31. The van der Waals surface area contributed by atoms with E-state index in [2.05, 4.69) is 53.5 Å². The van der Waals surface area contributed by atoms with Crippen molar-refractivity contribution in [2.75, 3.05) is 18.8 Å². The molecule has 2 aromatic carbocycles. The number of nitrogens with zero attached hydrogens (tertiary/aromatic N) is 1. The van der Waals surface area contributed by atoms with Crippen LogP contribution in [0, 0.1) is 0 Å². The summed E-state index contributed by atoms with van der Waals surface area (Å²) in [5, 5.41) is 0. The topological polar surface area (TPSA) is 29.3 Å². The zero-order valence-corrected chi connectivity index (χ0v) is 11.6. The van der Waals surface area contributed by atoms with Gasteiger partial charge in [0.2, 0.25) is 0 Å². The highest BCUT2D eigenvalue weighted by Gasteiger charge is 2.16. The molecule has 1 aliphatic rings. The second-order valence-electron chi connectivity index (χ2n) is 5.28. The quantitative estimate of drug-likeness (QED) is 0.862. The SMILES string of the molecule is Nc1cccc2c1CN(C/C=C/c1ccccc1)CC2. The summed E-state index contributed by atoms with van der Waals surface area (Å²) in [5.41, 5.74) is 11.0. The average molecular weight is 264 g/mol. The molecule has 2 N–H and O–H groups in total. The molecule has 2 aromatic rings. The largest absolute Gasteiger partial charge is 0.398 e. The molecule has 0 saturated heterocycles. The number of nitrogen functional groups attached to an aromatic ring is 1. The summed E-state index contributed by atoms with van der Waals surface area (Å²) in [6.45, 7) is 3.04. The summed E-state index contributed by atoms with van der Waals surface area (Å²) < 4.78 is 0. The van der Waals surface area contributed by atoms with Gasteiger partial charge in [0.25, 0.3) is 0 Å². The fourth-order valence-electron chi connectivity index (χ4n) is 2.72. The first kappa shape index (κ1) is 12.9. The summed E-state index contributed by atoms with van der Waals surface area (Å²) in [6, 6.07) is 16.7. The third-order valence-electron chi connectivity index (χ3n) is 3.86. The van der Waals surface area contributed by atoms with Gasteiger partial charge >= 0.3 is 0 Å². The van der Waals surface area contributed by atoms with E-state index in [1.165, 1.54) is 16.7 Å². The van der Waals surface area contributed by atoms with E-state index in [1.807, 2.05) is 12.1 Å². The Kier molecular flexibility index (Phi) is 3.84. The Hall–Kier alpha value is -2.06. The lowest BCUT2D eigenvalue weighted by Gasteiger charge is -2.28. The molecule has 20 heavy (non-hydrogen) atoms. The predicted molar refractivity (Wildman–Crippen MR) is 85.3 cm³/mol. The molecule has 0 unspecified atom stereocenters. The molecule has 0 radical (unpaired) electrons. The van der Waals surface area contributed by atoms with Gasteiger partial charge in [0.15, 0.2) is 0 Å². The maximum atomic E-state index is 6.08. The summed E-state index contributed by atoms with van der Waals surface area (Å²) in [7, 11) is 0. The normalized spacial score (nSPS) is 15.4. The zero-order valence-electron chi connectivity index (χ0n) is 11.6. The minimum atomic E-state index is 0.930. The minimum absolute atomic E-state index is 0.930. The van der Waals surface area contributed by atoms with E-state index in [0.29, 0.717) is 0 Å². The molecule has 0 amide bonds. The first-order valence-corrected chi connectivity index (χ1v) is 7.13. The molecule has 0 aromatic heterocycles. The summed E-state index contributed by atoms with van der Waals surface area (Å²) in [6.07, 6.45) is 5.52. The Morgan fingerprint density at radius 1 is 1.05 bits per heavy atom. The Balaban J connectivity index is 1.63. The van der Waals surface area contributed by atoms with Crippen molar-refractivity contribution in [2.24, 2.45) is 0 Å². The monoisotopic (exact) mass is 264 g/mol. The van der Waals surface area contributed by atoms with Gasteiger partial charge in [-0.2, -0.15) is 0 Å². The molecule has 0 spiro atoms. The van der Waals surface area contributed by atoms with E-state index in [4.69, 9.17) is 5.73 Å². The lowest BCUT2D eigenvalue weighted by atomic mass is 9.98. The molecule has 0 saturated carbocycles. The van der Waals surface area contributed by atoms with Crippen molar-refractivity contribution in [3.8, 4) is 0 Å².